The highest BCUT2D eigenvalue weighted by atomic mass is 16.1. The van der Waals surface area contributed by atoms with Crippen molar-refractivity contribution in [2.75, 3.05) is 0 Å². The Kier molecular flexibility index (Phi) is 4.83. The Labute approximate surface area is 120 Å². The molecule has 2 nitrogen and oxygen atoms in total. The van der Waals surface area contributed by atoms with E-state index in [1.807, 2.05) is 44.2 Å². The summed E-state index contributed by atoms with van der Waals surface area (Å²) in [5.41, 5.74) is 4.16. The third kappa shape index (κ3) is 3.41. The predicted molar refractivity (Wildman–Crippen MR) is 83.2 cm³/mol. The van der Waals surface area contributed by atoms with E-state index in [1.165, 1.54) is 0 Å². The van der Waals surface area contributed by atoms with Gasteiger partial charge in [-0.25, -0.2) is 0 Å². The summed E-state index contributed by atoms with van der Waals surface area (Å²) in [6.45, 7) is 3.92. The van der Waals surface area contributed by atoms with Crippen LogP contribution in [0.3, 0.4) is 0 Å². The Hall–Kier alpha value is -2.22. The molecule has 0 spiro atoms. The third-order valence-electron chi connectivity index (χ3n) is 3.26. The number of hydrogen-bond acceptors (Lipinski definition) is 2. The molecule has 2 rings (SSSR count). The highest BCUT2D eigenvalue weighted by Gasteiger charge is 2.05. The van der Waals surface area contributed by atoms with E-state index in [4.69, 9.17) is 0 Å². The van der Waals surface area contributed by atoms with E-state index >= 15 is 0 Å². The van der Waals surface area contributed by atoms with Gasteiger partial charge in [0.1, 0.15) is 0 Å². The number of pyridine rings is 1. The first-order chi connectivity index (χ1) is 9.74. The summed E-state index contributed by atoms with van der Waals surface area (Å²) in [5.74, 6) is 0.147. The van der Waals surface area contributed by atoms with E-state index in [9.17, 15) is 4.79 Å². The largest absolute Gasteiger partial charge is 0.295 e. The molecule has 0 radical (unpaired) electrons. The van der Waals surface area contributed by atoms with Crippen molar-refractivity contribution in [3.63, 3.8) is 0 Å². The maximum absolute atomic E-state index is 11.6. The van der Waals surface area contributed by atoms with Crippen LogP contribution in [0.5, 0.6) is 0 Å². The molecule has 0 amide bonds. The van der Waals surface area contributed by atoms with Crippen LogP contribution in [-0.4, -0.2) is 10.8 Å². The Bertz CT molecular complexity index is 614. The van der Waals surface area contributed by atoms with Crippen molar-refractivity contribution in [1.82, 2.24) is 4.98 Å². The normalized spacial score (nSPS) is 11.4. The molecule has 1 aromatic carbocycles. The molecular formula is C18H19NO. The lowest BCUT2D eigenvalue weighted by Crippen LogP contribution is -1.95. The molecule has 2 heteroatoms. The molecular weight excluding hydrogens is 246 g/mol. The Morgan fingerprint density at radius 1 is 1.05 bits per heavy atom. The quantitative estimate of drug-likeness (QED) is 0.744. The topological polar surface area (TPSA) is 30.0 Å². The smallest absolute Gasteiger partial charge is 0.155 e. The van der Waals surface area contributed by atoms with Crippen LogP contribution in [0.4, 0.5) is 0 Å². The van der Waals surface area contributed by atoms with Crippen LogP contribution in [0.25, 0.3) is 16.7 Å². The van der Waals surface area contributed by atoms with E-state index in [0.29, 0.717) is 6.42 Å². The number of hydrogen-bond donors (Lipinski definition) is 0. The lowest BCUT2D eigenvalue weighted by molar-refractivity contribution is -0.114. The fraction of sp³-hybridized carbons (Fsp3) is 0.222. The number of rotatable bonds is 5. The molecule has 2 aromatic rings. The van der Waals surface area contributed by atoms with Crippen LogP contribution in [0.2, 0.25) is 0 Å². The lowest BCUT2D eigenvalue weighted by atomic mass is 10.0. The van der Waals surface area contributed by atoms with E-state index in [2.05, 4.69) is 17.1 Å². The second-order valence-electron chi connectivity index (χ2n) is 4.64. The summed E-state index contributed by atoms with van der Waals surface area (Å²) in [6.07, 6.45) is 4.85. The minimum Gasteiger partial charge on any atom is -0.295 e. The van der Waals surface area contributed by atoms with Gasteiger partial charge in [0.25, 0.3) is 0 Å². The Morgan fingerprint density at radius 2 is 1.80 bits per heavy atom. The molecule has 0 aliphatic carbocycles. The molecule has 0 N–H and O–H groups in total. The first-order valence-corrected chi connectivity index (χ1v) is 6.99. The van der Waals surface area contributed by atoms with Crippen LogP contribution in [0.1, 0.15) is 32.4 Å². The summed E-state index contributed by atoms with van der Waals surface area (Å²) in [4.78, 5) is 16.0. The molecule has 1 heterocycles. The summed E-state index contributed by atoms with van der Waals surface area (Å²) < 4.78 is 0. The SMILES string of the molecule is CCC(=O)/C=C(\CC)c1cc(-c2ccccc2)ccn1. The highest BCUT2D eigenvalue weighted by Crippen LogP contribution is 2.23. The zero-order valence-electron chi connectivity index (χ0n) is 12.0. The fourth-order valence-corrected chi connectivity index (χ4v) is 2.07. The number of benzene rings is 1. The van der Waals surface area contributed by atoms with E-state index < -0.39 is 0 Å². The number of ketones is 1. The van der Waals surface area contributed by atoms with Crippen molar-refractivity contribution in [2.45, 2.75) is 26.7 Å². The highest BCUT2D eigenvalue weighted by molar-refractivity contribution is 5.96. The number of carbonyl (C=O) groups excluding carboxylic acids is 1. The Morgan fingerprint density at radius 3 is 2.45 bits per heavy atom. The molecule has 0 aliphatic rings. The van der Waals surface area contributed by atoms with Crippen LogP contribution in [0.15, 0.2) is 54.7 Å². The molecule has 0 atom stereocenters. The molecule has 20 heavy (non-hydrogen) atoms. The van der Waals surface area contributed by atoms with Gasteiger partial charge in [-0.05, 0) is 41.3 Å². The van der Waals surface area contributed by atoms with Gasteiger partial charge in [-0.15, -0.1) is 0 Å². The monoisotopic (exact) mass is 265 g/mol. The van der Waals surface area contributed by atoms with Crippen molar-refractivity contribution in [3.8, 4) is 11.1 Å². The molecule has 0 saturated carbocycles. The van der Waals surface area contributed by atoms with Gasteiger partial charge in [0.15, 0.2) is 5.78 Å². The van der Waals surface area contributed by atoms with E-state index in [0.717, 1.165) is 28.8 Å². The molecule has 0 unspecified atom stereocenters. The second kappa shape index (κ2) is 6.80. The average molecular weight is 265 g/mol. The van der Waals surface area contributed by atoms with Gasteiger partial charge >= 0.3 is 0 Å². The first kappa shape index (κ1) is 14.2. The first-order valence-electron chi connectivity index (χ1n) is 6.99. The number of carbonyl (C=O) groups is 1. The molecule has 0 fully saturated rings. The van der Waals surface area contributed by atoms with Crippen LogP contribution in [-0.2, 0) is 4.79 Å². The van der Waals surface area contributed by atoms with Crippen molar-refractivity contribution in [2.24, 2.45) is 0 Å². The fourth-order valence-electron chi connectivity index (χ4n) is 2.07. The maximum Gasteiger partial charge on any atom is 0.155 e. The third-order valence-corrected chi connectivity index (χ3v) is 3.26. The maximum atomic E-state index is 11.6. The number of nitrogens with zero attached hydrogens (tertiary/aromatic N) is 1. The predicted octanol–water partition coefficient (Wildman–Crippen LogP) is 4.52. The van der Waals surface area contributed by atoms with Gasteiger partial charge in [0.05, 0.1) is 5.69 Å². The Balaban J connectivity index is 2.39. The zero-order valence-corrected chi connectivity index (χ0v) is 12.0. The summed E-state index contributed by atoms with van der Waals surface area (Å²) in [7, 11) is 0. The van der Waals surface area contributed by atoms with Gasteiger partial charge in [-0.1, -0.05) is 44.2 Å². The summed E-state index contributed by atoms with van der Waals surface area (Å²) in [5, 5.41) is 0. The van der Waals surface area contributed by atoms with Gasteiger partial charge < -0.3 is 0 Å². The lowest BCUT2D eigenvalue weighted by Gasteiger charge is -2.07. The van der Waals surface area contributed by atoms with E-state index in [-0.39, 0.29) is 5.78 Å². The molecule has 0 aliphatic heterocycles. The minimum atomic E-state index is 0.147. The zero-order chi connectivity index (χ0) is 14.4. The standard InChI is InChI=1S/C18H19NO/c1-3-14(12-17(20)4-2)18-13-16(10-11-19-18)15-8-6-5-7-9-15/h5-13H,3-4H2,1-2H3/b14-12+. The van der Waals surface area contributed by atoms with Gasteiger partial charge in [0.2, 0.25) is 0 Å². The van der Waals surface area contributed by atoms with Gasteiger partial charge in [-0.2, -0.15) is 0 Å². The second-order valence-corrected chi connectivity index (χ2v) is 4.64. The molecule has 1 aromatic heterocycles. The average Bonchev–Trinajstić information content (AvgIpc) is 2.53. The van der Waals surface area contributed by atoms with Gasteiger partial charge in [-0.3, -0.25) is 9.78 Å². The van der Waals surface area contributed by atoms with Gasteiger partial charge in [0, 0.05) is 12.6 Å². The van der Waals surface area contributed by atoms with Crippen molar-refractivity contribution < 1.29 is 4.79 Å². The van der Waals surface area contributed by atoms with Crippen LogP contribution >= 0.6 is 0 Å². The summed E-state index contributed by atoms with van der Waals surface area (Å²) in [6, 6.07) is 14.2. The molecule has 0 saturated heterocycles. The molecule has 102 valence electrons. The van der Waals surface area contributed by atoms with Crippen LogP contribution in [0, 0.1) is 0 Å². The van der Waals surface area contributed by atoms with Crippen molar-refractivity contribution in [1.29, 1.82) is 0 Å². The number of allylic oxidation sites excluding steroid dienone is 2. The number of aromatic nitrogens is 1. The minimum absolute atomic E-state index is 0.147. The summed E-state index contributed by atoms with van der Waals surface area (Å²) >= 11 is 0. The van der Waals surface area contributed by atoms with Crippen molar-refractivity contribution in [3.05, 3.63) is 60.4 Å². The molecule has 0 bridgehead atoms. The van der Waals surface area contributed by atoms with Crippen LogP contribution < -0.4 is 0 Å². The van der Waals surface area contributed by atoms with Crippen molar-refractivity contribution >= 4 is 11.4 Å². The van der Waals surface area contributed by atoms with E-state index in [1.54, 1.807) is 12.3 Å².